The summed E-state index contributed by atoms with van der Waals surface area (Å²) in [7, 11) is 2.18. The van der Waals surface area contributed by atoms with Gasteiger partial charge in [-0.05, 0) is 20.0 Å². The summed E-state index contributed by atoms with van der Waals surface area (Å²) in [6.45, 7) is 6.03. The smallest absolute Gasteiger partial charge is 0.0235 e. The van der Waals surface area contributed by atoms with Crippen LogP contribution in [0.1, 0.15) is 6.42 Å². The first-order valence-corrected chi connectivity index (χ1v) is 4.83. The third-order valence-electron chi connectivity index (χ3n) is 2.20. The number of hydrogen-bond acceptors (Lipinski definition) is 2. The molecule has 74 valence electrons. The molecule has 0 aliphatic carbocycles. The van der Waals surface area contributed by atoms with Crippen LogP contribution in [-0.4, -0.2) is 55.5 Å². The van der Waals surface area contributed by atoms with E-state index in [4.69, 9.17) is 11.6 Å². The average Bonchev–Trinajstić information content (AvgIpc) is 2.04. The van der Waals surface area contributed by atoms with Crippen LogP contribution in [0.4, 0.5) is 0 Å². The van der Waals surface area contributed by atoms with E-state index in [2.05, 4.69) is 16.8 Å². The highest BCUT2D eigenvalue weighted by atomic mass is 35.5. The number of halogens is 2. The van der Waals surface area contributed by atoms with Gasteiger partial charge >= 0.3 is 0 Å². The Balaban J connectivity index is 0.00000121. The fourth-order valence-corrected chi connectivity index (χ4v) is 1.47. The molecule has 1 aliphatic heterocycles. The molecule has 0 aromatic heterocycles. The van der Waals surface area contributed by atoms with Crippen molar-refractivity contribution in [3.05, 3.63) is 0 Å². The van der Waals surface area contributed by atoms with Gasteiger partial charge in [0.05, 0.1) is 0 Å². The van der Waals surface area contributed by atoms with Crippen molar-refractivity contribution in [3.8, 4) is 0 Å². The minimum atomic E-state index is 0. The van der Waals surface area contributed by atoms with Crippen LogP contribution in [0.25, 0.3) is 0 Å². The van der Waals surface area contributed by atoms with Crippen LogP contribution in [0.15, 0.2) is 0 Å². The molecule has 0 radical (unpaired) electrons. The summed E-state index contributed by atoms with van der Waals surface area (Å²) in [4.78, 5) is 4.86. The van der Waals surface area contributed by atoms with Gasteiger partial charge < -0.3 is 22.2 Å². The SMILES string of the molecule is CN1CCN(CCCCl)CC1.[Cl-]. The Morgan fingerprint density at radius 1 is 1.17 bits per heavy atom. The van der Waals surface area contributed by atoms with Crippen molar-refractivity contribution in [1.29, 1.82) is 0 Å². The van der Waals surface area contributed by atoms with E-state index in [0.29, 0.717) is 0 Å². The molecule has 1 saturated heterocycles. The standard InChI is InChI=1S/C8H17ClN2.ClH/c1-10-5-7-11(8-6-10)4-2-3-9;/h2-8H2,1H3;1H/p-1. The van der Waals surface area contributed by atoms with Crippen molar-refractivity contribution < 1.29 is 12.4 Å². The summed E-state index contributed by atoms with van der Waals surface area (Å²) in [5, 5.41) is 0. The highest BCUT2D eigenvalue weighted by Crippen LogP contribution is 2.00. The third-order valence-corrected chi connectivity index (χ3v) is 2.47. The van der Waals surface area contributed by atoms with E-state index in [1.807, 2.05) is 0 Å². The Morgan fingerprint density at radius 3 is 2.25 bits per heavy atom. The summed E-state index contributed by atoms with van der Waals surface area (Å²) in [5.41, 5.74) is 0. The normalized spacial score (nSPS) is 20.5. The molecule has 0 aromatic carbocycles. The summed E-state index contributed by atoms with van der Waals surface area (Å²) in [6, 6.07) is 0. The highest BCUT2D eigenvalue weighted by molar-refractivity contribution is 6.17. The first-order valence-electron chi connectivity index (χ1n) is 4.30. The first-order chi connectivity index (χ1) is 5.33. The van der Waals surface area contributed by atoms with Gasteiger partial charge in [0.25, 0.3) is 0 Å². The molecule has 1 heterocycles. The molecule has 0 spiro atoms. The van der Waals surface area contributed by atoms with Gasteiger partial charge in [0.2, 0.25) is 0 Å². The quantitative estimate of drug-likeness (QED) is 0.493. The topological polar surface area (TPSA) is 6.48 Å². The molecule has 12 heavy (non-hydrogen) atoms. The summed E-state index contributed by atoms with van der Waals surface area (Å²) >= 11 is 5.61. The zero-order valence-corrected chi connectivity index (χ0v) is 9.11. The number of likely N-dealkylation sites (N-methyl/N-ethyl adjacent to an activating group) is 1. The van der Waals surface area contributed by atoms with E-state index in [9.17, 15) is 0 Å². The van der Waals surface area contributed by atoms with Gasteiger partial charge in [-0.3, -0.25) is 0 Å². The molecule has 0 aromatic rings. The van der Waals surface area contributed by atoms with Gasteiger partial charge in [-0.1, -0.05) is 0 Å². The van der Waals surface area contributed by atoms with Crippen LogP contribution >= 0.6 is 11.6 Å². The predicted molar refractivity (Wildman–Crippen MR) is 49.3 cm³/mol. The Morgan fingerprint density at radius 2 is 1.75 bits per heavy atom. The first kappa shape index (κ1) is 12.5. The lowest BCUT2D eigenvalue weighted by molar-refractivity contribution is -0.00000233. The molecule has 0 atom stereocenters. The average molecular weight is 212 g/mol. The fraction of sp³-hybridized carbons (Fsp3) is 1.00. The molecular weight excluding hydrogens is 195 g/mol. The van der Waals surface area contributed by atoms with Crippen LogP contribution < -0.4 is 12.4 Å². The van der Waals surface area contributed by atoms with Crippen LogP contribution in [0.2, 0.25) is 0 Å². The number of nitrogens with zero attached hydrogens (tertiary/aromatic N) is 2. The van der Waals surface area contributed by atoms with Crippen LogP contribution in [0.3, 0.4) is 0 Å². The van der Waals surface area contributed by atoms with Gasteiger partial charge in [0.1, 0.15) is 0 Å². The zero-order chi connectivity index (χ0) is 8.10. The lowest BCUT2D eigenvalue weighted by Gasteiger charge is -2.32. The van der Waals surface area contributed by atoms with Gasteiger partial charge in [0.15, 0.2) is 0 Å². The number of alkyl halides is 1. The second-order valence-corrected chi connectivity index (χ2v) is 3.57. The summed E-state index contributed by atoms with van der Waals surface area (Å²) in [5.74, 6) is 0.798. The molecule has 0 unspecified atom stereocenters. The second-order valence-electron chi connectivity index (χ2n) is 3.19. The molecule has 0 saturated carbocycles. The van der Waals surface area contributed by atoms with E-state index >= 15 is 0 Å². The van der Waals surface area contributed by atoms with Crippen molar-refractivity contribution in [2.45, 2.75) is 6.42 Å². The number of piperazine rings is 1. The summed E-state index contributed by atoms with van der Waals surface area (Å²) < 4.78 is 0. The number of rotatable bonds is 3. The lowest BCUT2D eigenvalue weighted by atomic mass is 10.3. The minimum absolute atomic E-state index is 0. The Hall–Kier alpha value is 0.500. The van der Waals surface area contributed by atoms with Gasteiger partial charge in [-0.15, -0.1) is 11.6 Å². The molecular formula is C8H17Cl2N2-. The van der Waals surface area contributed by atoms with Crippen LogP contribution in [0.5, 0.6) is 0 Å². The molecule has 1 aliphatic rings. The predicted octanol–water partition coefficient (Wildman–Crippen LogP) is -2.13. The van der Waals surface area contributed by atoms with Gasteiger partial charge in [-0.25, -0.2) is 0 Å². The molecule has 0 bridgehead atoms. The van der Waals surface area contributed by atoms with E-state index in [-0.39, 0.29) is 12.4 Å². The van der Waals surface area contributed by atoms with Crippen molar-refractivity contribution >= 4 is 11.6 Å². The van der Waals surface area contributed by atoms with Crippen molar-refractivity contribution in [2.24, 2.45) is 0 Å². The van der Waals surface area contributed by atoms with E-state index in [1.165, 1.54) is 32.7 Å². The molecule has 2 nitrogen and oxygen atoms in total. The fourth-order valence-electron chi connectivity index (χ4n) is 1.35. The monoisotopic (exact) mass is 211 g/mol. The minimum Gasteiger partial charge on any atom is -1.00 e. The van der Waals surface area contributed by atoms with E-state index < -0.39 is 0 Å². The third kappa shape index (κ3) is 4.51. The van der Waals surface area contributed by atoms with E-state index in [0.717, 1.165) is 12.3 Å². The lowest BCUT2D eigenvalue weighted by Crippen LogP contribution is -3.00. The van der Waals surface area contributed by atoms with Crippen LogP contribution in [-0.2, 0) is 0 Å². The van der Waals surface area contributed by atoms with E-state index in [1.54, 1.807) is 0 Å². The molecule has 0 N–H and O–H groups in total. The van der Waals surface area contributed by atoms with Crippen molar-refractivity contribution in [3.63, 3.8) is 0 Å². The molecule has 1 rings (SSSR count). The van der Waals surface area contributed by atoms with Crippen LogP contribution in [0, 0.1) is 0 Å². The van der Waals surface area contributed by atoms with Gasteiger partial charge in [-0.2, -0.15) is 0 Å². The molecule has 1 fully saturated rings. The van der Waals surface area contributed by atoms with Crippen molar-refractivity contribution in [2.75, 3.05) is 45.7 Å². The van der Waals surface area contributed by atoms with Gasteiger partial charge in [0, 0.05) is 32.1 Å². The zero-order valence-electron chi connectivity index (χ0n) is 7.60. The second kappa shape index (κ2) is 6.96. The molecule has 4 heteroatoms. The summed E-state index contributed by atoms with van der Waals surface area (Å²) in [6.07, 6.45) is 1.13. The largest absolute Gasteiger partial charge is 1.00 e. The van der Waals surface area contributed by atoms with Crippen molar-refractivity contribution in [1.82, 2.24) is 9.80 Å². The Labute approximate surface area is 86.3 Å². The highest BCUT2D eigenvalue weighted by Gasteiger charge is 2.12. The Kier molecular flexibility index (Phi) is 7.25. The maximum atomic E-state index is 5.61. The number of hydrogen-bond donors (Lipinski definition) is 0. The maximum Gasteiger partial charge on any atom is 0.0235 e. The molecule has 0 amide bonds. The maximum absolute atomic E-state index is 5.61. The Bertz CT molecular complexity index is 100.